The van der Waals surface area contributed by atoms with E-state index in [0.717, 1.165) is 25.8 Å². The van der Waals surface area contributed by atoms with Crippen molar-refractivity contribution in [2.24, 2.45) is 0 Å². The van der Waals surface area contributed by atoms with Gasteiger partial charge in [0.15, 0.2) is 0 Å². The molecule has 66 valence electrons. The van der Waals surface area contributed by atoms with E-state index in [4.69, 9.17) is 0 Å². The second-order valence-electron chi connectivity index (χ2n) is 3.08. The summed E-state index contributed by atoms with van der Waals surface area (Å²) in [5.74, 6) is 5.24. The zero-order valence-electron chi connectivity index (χ0n) is 7.76. The van der Waals surface area contributed by atoms with Gasteiger partial charge in [0.1, 0.15) is 0 Å². The lowest BCUT2D eigenvalue weighted by Crippen LogP contribution is -2.33. The van der Waals surface area contributed by atoms with Gasteiger partial charge in [-0.2, -0.15) is 0 Å². The minimum atomic E-state index is 0.00171. The monoisotopic (exact) mass is 165 g/mol. The first-order valence-corrected chi connectivity index (χ1v) is 4.53. The van der Waals surface area contributed by atoms with E-state index < -0.39 is 0 Å². The Labute approximate surface area is 73.9 Å². The first-order valence-electron chi connectivity index (χ1n) is 4.53. The molecule has 1 heterocycles. The van der Waals surface area contributed by atoms with Crippen LogP contribution in [0.3, 0.4) is 0 Å². The Kier molecular flexibility index (Phi) is 3.16. The van der Waals surface area contributed by atoms with Gasteiger partial charge in [-0.1, -0.05) is 12.8 Å². The van der Waals surface area contributed by atoms with Crippen LogP contribution in [0.2, 0.25) is 0 Å². The predicted octanol–water partition coefficient (Wildman–Crippen LogP) is 1.41. The van der Waals surface area contributed by atoms with E-state index in [0.29, 0.717) is 6.04 Å². The summed E-state index contributed by atoms with van der Waals surface area (Å²) < 4.78 is 0. The molecule has 1 amide bonds. The van der Waals surface area contributed by atoms with Gasteiger partial charge in [0.05, 0.1) is 0 Å². The van der Waals surface area contributed by atoms with Crippen LogP contribution < -0.4 is 0 Å². The molecular formula is C10H15NO. The Bertz CT molecular complexity index is 224. The maximum atomic E-state index is 11.4. The molecule has 0 aromatic carbocycles. The molecule has 0 spiro atoms. The Morgan fingerprint density at radius 2 is 2.42 bits per heavy atom. The van der Waals surface area contributed by atoms with Gasteiger partial charge in [0, 0.05) is 12.6 Å². The molecule has 0 radical (unpaired) electrons. The average Bonchev–Trinajstić information content (AvgIpc) is 2.51. The second-order valence-corrected chi connectivity index (χ2v) is 3.08. The van der Waals surface area contributed by atoms with Crippen LogP contribution in [0.5, 0.6) is 0 Å². The lowest BCUT2D eigenvalue weighted by molar-refractivity contribution is -0.125. The standard InChI is InChI=1S/C10H15NO/c1-3-6-10(12)11-8-5-7-9(11)4-2/h9H,4-5,7-8H2,1-2H3/t9-/m1/s1. The van der Waals surface area contributed by atoms with Crippen molar-refractivity contribution in [3.63, 3.8) is 0 Å². The van der Waals surface area contributed by atoms with Crippen molar-refractivity contribution in [2.45, 2.75) is 39.2 Å². The Morgan fingerprint density at radius 3 is 3.00 bits per heavy atom. The molecule has 2 heteroatoms. The molecule has 0 bridgehead atoms. The van der Waals surface area contributed by atoms with Gasteiger partial charge >= 0.3 is 0 Å². The first kappa shape index (κ1) is 9.12. The fraction of sp³-hybridized carbons (Fsp3) is 0.700. The lowest BCUT2D eigenvalue weighted by atomic mass is 10.2. The van der Waals surface area contributed by atoms with Gasteiger partial charge in [-0.05, 0) is 32.1 Å². The summed E-state index contributed by atoms with van der Waals surface area (Å²) in [7, 11) is 0. The van der Waals surface area contributed by atoms with Gasteiger partial charge in [-0.3, -0.25) is 4.79 Å². The summed E-state index contributed by atoms with van der Waals surface area (Å²) in [6, 6.07) is 0.443. The number of hydrogen-bond donors (Lipinski definition) is 0. The number of likely N-dealkylation sites (tertiary alicyclic amines) is 1. The zero-order chi connectivity index (χ0) is 8.97. The Morgan fingerprint density at radius 1 is 1.67 bits per heavy atom. The molecule has 1 aliphatic heterocycles. The number of nitrogens with zero attached hydrogens (tertiary/aromatic N) is 1. The number of rotatable bonds is 1. The van der Waals surface area contributed by atoms with Gasteiger partial charge in [-0.25, -0.2) is 0 Å². The molecular weight excluding hydrogens is 150 g/mol. The van der Waals surface area contributed by atoms with E-state index in [2.05, 4.69) is 18.8 Å². The maximum absolute atomic E-state index is 11.4. The molecule has 1 rings (SSSR count). The molecule has 1 fully saturated rings. The smallest absolute Gasteiger partial charge is 0.298 e. The van der Waals surface area contributed by atoms with Crippen LogP contribution in [0, 0.1) is 11.8 Å². The van der Waals surface area contributed by atoms with E-state index in [1.807, 2.05) is 4.90 Å². The van der Waals surface area contributed by atoms with Crippen LogP contribution in [0.1, 0.15) is 33.1 Å². The molecule has 12 heavy (non-hydrogen) atoms. The lowest BCUT2D eigenvalue weighted by Gasteiger charge is -2.20. The van der Waals surface area contributed by atoms with Crippen molar-refractivity contribution >= 4 is 5.91 Å². The summed E-state index contributed by atoms with van der Waals surface area (Å²) in [6.45, 7) is 4.72. The fourth-order valence-electron chi connectivity index (χ4n) is 1.71. The molecule has 0 unspecified atom stereocenters. The van der Waals surface area contributed by atoms with Crippen LogP contribution in [0.15, 0.2) is 0 Å². The SMILES string of the molecule is CC#CC(=O)N1CCC[C@H]1CC. The van der Waals surface area contributed by atoms with E-state index in [-0.39, 0.29) is 5.91 Å². The second kappa shape index (κ2) is 4.15. The highest BCUT2D eigenvalue weighted by atomic mass is 16.2. The number of carbonyl (C=O) groups excluding carboxylic acids is 1. The average molecular weight is 165 g/mol. The largest absolute Gasteiger partial charge is 0.329 e. The molecule has 0 N–H and O–H groups in total. The van der Waals surface area contributed by atoms with Crippen molar-refractivity contribution in [1.82, 2.24) is 4.90 Å². The summed E-state index contributed by atoms with van der Waals surface area (Å²) in [4.78, 5) is 13.3. The summed E-state index contributed by atoms with van der Waals surface area (Å²) in [5.41, 5.74) is 0. The van der Waals surface area contributed by atoms with Gasteiger partial charge in [0.2, 0.25) is 0 Å². The Balaban J connectivity index is 2.59. The van der Waals surface area contributed by atoms with Gasteiger partial charge in [0.25, 0.3) is 5.91 Å². The minimum Gasteiger partial charge on any atom is -0.329 e. The van der Waals surface area contributed by atoms with E-state index in [1.54, 1.807) is 6.92 Å². The minimum absolute atomic E-state index is 0.00171. The van der Waals surface area contributed by atoms with Crippen molar-refractivity contribution in [2.75, 3.05) is 6.54 Å². The summed E-state index contributed by atoms with van der Waals surface area (Å²) in [5, 5.41) is 0. The van der Waals surface area contributed by atoms with E-state index in [9.17, 15) is 4.79 Å². The fourth-order valence-corrected chi connectivity index (χ4v) is 1.71. The summed E-state index contributed by atoms with van der Waals surface area (Å²) in [6.07, 6.45) is 3.33. The molecule has 0 aliphatic carbocycles. The highest BCUT2D eigenvalue weighted by Crippen LogP contribution is 2.19. The number of carbonyl (C=O) groups is 1. The third kappa shape index (κ3) is 1.79. The normalized spacial score (nSPS) is 21.8. The quantitative estimate of drug-likeness (QED) is 0.538. The highest BCUT2D eigenvalue weighted by molar-refractivity contribution is 5.93. The third-order valence-corrected chi connectivity index (χ3v) is 2.34. The number of hydrogen-bond acceptors (Lipinski definition) is 1. The molecule has 0 aromatic rings. The van der Waals surface area contributed by atoms with Crippen molar-refractivity contribution in [3.05, 3.63) is 0 Å². The molecule has 1 atom stereocenters. The van der Waals surface area contributed by atoms with Crippen molar-refractivity contribution in [3.8, 4) is 11.8 Å². The highest BCUT2D eigenvalue weighted by Gasteiger charge is 2.25. The molecule has 0 aromatic heterocycles. The number of amides is 1. The van der Waals surface area contributed by atoms with Crippen LogP contribution in [-0.2, 0) is 4.79 Å². The zero-order valence-corrected chi connectivity index (χ0v) is 7.76. The topological polar surface area (TPSA) is 20.3 Å². The first-order chi connectivity index (χ1) is 5.79. The maximum Gasteiger partial charge on any atom is 0.298 e. The van der Waals surface area contributed by atoms with Crippen LogP contribution in [0.4, 0.5) is 0 Å². The van der Waals surface area contributed by atoms with E-state index >= 15 is 0 Å². The molecule has 0 saturated carbocycles. The molecule has 2 nitrogen and oxygen atoms in total. The van der Waals surface area contributed by atoms with Crippen molar-refractivity contribution in [1.29, 1.82) is 0 Å². The third-order valence-electron chi connectivity index (χ3n) is 2.34. The van der Waals surface area contributed by atoms with Crippen LogP contribution in [-0.4, -0.2) is 23.4 Å². The Hall–Kier alpha value is -0.970. The van der Waals surface area contributed by atoms with Crippen molar-refractivity contribution < 1.29 is 4.79 Å². The summed E-state index contributed by atoms with van der Waals surface area (Å²) >= 11 is 0. The predicted molar refractivity (Wildman–Crippen MR) is 48.5 cm³/mol. The van der Waals surface area contributed by atoms with E-state index in [1.165, 1.54) is 0 Å². The van der Waals surface area contributed by atoms with Crippen LogP contribution in [0.25, 0.3) is 0 Å². The van der Waals surface area contributed by atoms with Gasteiger partial charge < -0.3 is 4.90 Å². The van der Waals surface area contributed by atoms with Gasteiger partial charge in [-0.15, -0.1) is 0 Å². The molecule has 1 saturated heterocycles. The molecule has 1 aliphatic rings. The van der Waals surface area contributed by atoms with Crippen LogP contribution >= 0.6 is 0 Å².